The topological polar surface area (TPSA) is 12.9 Å². The predicted octanol–water partition coefficient (Wildman–Crippen LogP) is 2.81. The minimum atomic E-state index is 0. The molecule has 0 spiro atoms. The van der Waals surface area contributed by atoms with Gasteiger partial charge in [-0.2, -0.15) is 0 Å². The van der Waals surface area contributed by atoms with E-state index in [1.165, 1.54) is 4.88 Å². The molecule has 3 heteroatoms. The van der Waals surface area contributed by atoms with Gasteiger partial charge < -0.3 is 0 Å². The maximum atomic E-state index is 4.23. The summed E-state index contributed by atoms with van der Waals surface area (Å²) >= 11 is 1.71. The summed E-state index contributed by atoms with van der Waals surface area (Å²) in [5, 5.41) is 2.06. The molecule has 0 fully saturated rings. The summed E-state index contributed by atoms with van der Waals surface area (Å²) in [5.41, 5.74) is 1.06. The summed E-state index contributed by atoms with van der Waals surface area (Å²) < 4.78 is 0. The molecule has 12 heavy (non-hydrogen) atoms. The molecule has 0 atom stereocenters. The van der Waals surface area contributed by atoms with Crippen molar-refractivity contribution >= 4 is 11.3 Å². The molecule has 0 unspecified atom stereocenters. The maximum absolute atomic E-state index is 4.23. The van der Waals surface area contributed by atoms with Gasteiger partial charge in [-0.3, -0.25) is 4.98 Å². The van der Waals surface area contributed by atoms with E-state index >= 15 is 0 Å². The number of aromatic nitrogens is 1. The number of pyridine rings is 1. The van der Waals surface area contributed by atoms with Crippen molar-refractivity contribution in [1.29, 1.82) is 0 Å². The molecule has 1 nitrogen and oxygen atoms in total. The average Bonchev–Trinajstić information content (AvgIpc) is 2.58. The van der Waals surface area contributed by atoms with E-state index in [1.807, 2.05) is 30.5 Å². The van der Waals surface area contributed by atoms with Crippen molar-refractivity contribution in [1.82, 2.24) is 4.98 Å². The van der Waals surface area contributed by atoms with Crippen molar-refractivity contribution < 1.29 is 21.1 Å². The number of rotatable bonds is 1. The molecule has 2 aromatic rings. The zero-order valence-electron chi connectivity index (χ0n) is 6.21. The van der Waals surface area contributed by atoms with Gasteiger partial charge in [-0.05, 0) is 23.6 Å². The van der Waals surface area contributed by atoms with E-state index in [2.05, 4.69) is 16.4 Å². The monoisotopic (exact) mass is 356 g/mol. The first-order valence-electron chi connectivity index (χ1n) is 3.42. The van der Waals surface area contributed by atoms with E-state index in [-0.39, 0.29) is 21.1 Å². The van der Waals surface area contributed by atoms with Crippen LogP contribution < -0.4 is 0 Å². The summed E-state index contributed by atoms with van der Waals surface area (Å²) in [5.74, 6) is 0. The number of hydrogen-bond acceptors (Lipinski definition) is 2. The molecule has 2 heterocycles. The Kier molecular flexibility index (Phi) is 3.64. The molecule has 0 saturated carbocycles. The van der Waals surface area contributed by atoms with Gasteiger partial charge in [-0.25, -0.2) is 0 Å². The normalized spacial score (nSPS) is 9.00. The van der Waals surface area contributed by atoms with Crippen molar-refractivity contribution in [2.75, 3.05) is 0 Å². The molecule has 0 amide bonds. The Morgan fingerprint density at radius 3 is 2.58 bits per heavy atom. The number of nitrogens with zero attached hydrogens (tertiary/aromatic N) is 1. The maximum Gasteiger partial charge on any atom is 0.0801 e. The molecular weight excluding hydrogens is 349 g/mol. The van der Waals surface area contributed by atoms with Gasteiger partial charge in [0, 0.05) is 27.3 Å². The third-order valence-electron chi connectivity index (χ3n) is 1.44. The summed E-state index contributed by atoms with van der Waals surface area (Å²) in [6.07, 6.45) is 1.81. The van der Waals surface area contributed by atoms with Crippen LogP contribution in [-0.2, 0) is 21.1 Å². The molecule has 2 rings (SSSR count). The van der Waals surface area contributed by atoms with Crippen LogP contribution in [0.3, 0.4) is 0 Å². The second-order valence-electron chi connectivity index (χ2n) is 2.19. The number of hydrogen-bond donors (Lipinski definition) is 0. The standard InChI is InChI=1S/C9H7NS.Pt/c1-2-6-10-8(4-1)9-5-3-7-11-9;/h1-7H;. The smallest absolute Gasteiger partial charge is 0.0801 e. The Morgan fingerprint density at radius 1 is 1.08 bits per heavy atom. The summed E-state index contributed by atoms with van der Waals surface area (Å²) in [4.78, 5) is 5.46. The Labute approximate surface area is 89.7 Å². The largest absolute Gasteiger partial charge is 0.255 e. The van der Waals surface area contributed by atoms with E-state index in [0.717, 1.165) is 5.69 Å². The van der Waals surface area contributed by atoms with Gasteiger partial charge in [-0.1, -0.05) is 12.1 Å². The van der Waals surface area contributed by atoms with Crippen LogP contribution in [0.2, 0.25) is 0 Å². The fourth-order valence-corrected chi connectivity index (χ4v) is 1.64. The van der Waals surface area contributed by atoms with Crippen LogP contribution in [0, 0.1) is 0 Å². The van der Waals surface area contributed by atoms with Crippen LogP contribution in [0.25, 0.3) is 10.6 Å². The van der Waals surface area contributed by atoms with Crippen LogP contribution in [0.5, 0.6) is 0 Å². The molecule has 2 aromatic heterocycles. The van der Waals surface area contributed by atoms with Gasteiger partial charge in [0.05, 0.1) is 10.6 Å². The van der Waals surface area contributed by atoms with Gasteiger partial charge in [0.15, 0.2) is 0 Å². The fourth-order valence-electron chi connectivity index (χ4n) is 0.933. The van der Waals surface area contributed by atoms with Gasteiger partial charge in [0.25, 0.3) is 0 Å². The Morgan fingerprint density at radius 2 is 2.00 bits per heavy atom. The second kappa shape index (κ2) is 4.54. The molecule has 0 aliphatic carbocycles. The molecule has 0 bridgehead atoms. The Bertz CT molecular complexity index is 318. The van der Waals surface area contributed by atoms with Crippen molar-refractivity contribution in [2.24, 2.45) is 0 Å². The van der Waals surface area contributed by atoms with Gasteiger partial charge in [-0.15, -0.1) is 11.3 Å². The van der Waals surface area contributed by atoms with E-state index < -0.39 is 0 Å². The first kappa shape index (κ1) is 9.62. The van der Waals surface area contributed by atoms with Crippen LogP contribution >= 0.6 is 11.3 Å². The quantitative estimate of drug-likeness (QED) is 0.766. The minimum absolute atomic E-state index is 0. The minimum Gasteiger partial charge on any atom is -0.255 e. The van der Waals surface area contributed by atoms with Gasteiger partial charge >= 0.3 is 0 Å². The molecule has 0 saturated heterocycles. The van der Waals surface area contributed by atoms with E-state index in [4.69, 9.17) is 0 Å². The van der Waals surface area contributed by atoms with Crippen LogP contribution in [0.15, 0.2) is 41.9 Å². The fraction of sp³-hybridized carbons (Fsp3) is 0. The van der Waals surface area contributed by atoms with Gasteiger partial charge in [0.2, 0.25) is 0 Å². The second-order valence-corrected chi connectivity index (χ2v) is 3.14. The first-order valence-corrected chi connectivity index (χ1v) is 4.30. The van der Waals surface area contributed by atoms with E-state index in [1.54, 1.807) is 11.3 Å². The summed E-state index contributed by atoms with van der Waals surface area (Å²) in [6, 6.07) is 10.1. The summed E-state index contributed by atoms with van der Waals surface area (Å²) in [7, 11) is 0. The Balaban J connectivity index is 0.000000720. The van der Waals surface area contributed by atoms with Crippen molar-refractivity contribution in [3.05, 3.63) is 41.9 Å². The molecular formula is C9H7NPtS. The zero-order valence-corrected chi connectivity index (χ0v) is 9.30. The first-order chi connectivity index (χ1) is 5.47. The molecule has 64 valence electrons. The van der Waals surface area contributed by atoms with Crippen LogP contribution in [-0.4, -0.2) is 4.98 Å². The third-order valence-corrected chi connectivity index (χ3v) is 2.33. The number of thiophene rings is 1. The van der Waals surface area contributed by atoms with Crippen molar-refractivity contribution in [3.63, 3.8) is 0 Å². The molecule has 0 N–H and O–H groups in total. The van der Waals surface area contributed by atoms with Crippen LogP contribution in [0.4, 0.5) is 0 Å². The zero-order chi connectivity index (χ0) is 7.52. The molecule has 0 radical (unpaired) electrons. The van der Waals surface area contributed by atoms with E-state index in [0.29, 0.717) is 0 Å². The van der Waals surface area contributed by atoms with E-state index in [9.17, 15) is 0 Å². The molecule has 0 aromatic carbocycles. The predicted molar refractivity (Wildman–Crippen MR) is 47.6 cm³/mol. The SMILES string of the molecule is [Pt].c1ccc(-c2cccs2)nc1. The van der Waals surface area contributed by atoms with Crippen molar-refractivity contribution in [3.8, 4) is 10.6 Å². The molecule has 0 aliphatic rings. The van der Waals surface area contributed by atoms with Crippen LogP contribution in [0.1, 0.15) is 0 Å². The van der Waals surface area contributed by atoms with Gasteiger partial charge in [0.1, 0.15) is 0 Å². The Hall–Kier alpha value is -0.462. The molecule has 0 aliphatic heterocycles. The van der Waals surface area contributed by atoms with Crippen molar-refractivity contribution in [2.45, 2.75) is 0 Å². The third kappa shape index (κ3) is 2.02. The average molecular weight is 356 g/mol. The summed E-state index contributed by atoms with van der Waals surface area (Å²) in [6.45, 7) is 0.